The molecule has 8 heteroatoms. The number of nitrogens with one attached hydrogen (secondary N) is 1. The highest BCUT2D eigenvalue weighted by Gasteiger charge is 2.24. The molecule has 3 aromatic heterocycles. The molecule has 0 aliphatic heterocycles. The van der Waals surface area contributed by atoms with Crippen molar-refractivity contribution in [2.75, 3.05) is 13.1 Å². The number of nitrogens with zero attached hydrogens (tertiary/aromatic N) is 3. The van der Waals surface area contributed by atoms with Crippen LogP contribution < -0.4 is 10.1 Å². The number of benzene rings is 1. The number of carbonyl (C=O) groups is 1. The molecule has 1 aliphatic rings. The van der Waals surface area contributed by atoms with Gasteiger partial charge in [-0.3, -0.25) is 9.78 Å². The number of Topliss-reactive ketones (excluding diaryl/α,β-unsaturated/α-hetero) is 1. The zero-order valence-corrected chi connectivity index (χ0v) is 20.6. The first kappa shape index (κ1) is 23.6. The topological polar surface area (TPSA) is 69.0 Å². The van der Waals surface area contributed by atoms with E-state index in [-0.39, 0.29) is 18.0 Å². The van der Waals surface area contributed by atoms with Crippen LogP contribution in [0.3, 0.4) is 0 Å². The Morgan fingerprint density at radius 1 is 1.20 bits per heavy atom. The van der Waals surface area contributed by atoms with E-state index in [1.807, 2.05) is 18.6 Å². The fourth-order valence-electron chi connectivity index (χ4n) is 4.04. The van der Waals surface area contributed by atoms with E-state index in [1.54, 1.807) is 24.4 Å². The predicted octanol–water partition coefficient (Wildman–Crippen LogP) is 6.00. The highest BCUT2D eigenvalue weighted by Crippen LogP contribution is 2.39. The molecule has 0 unspecified atom stereocenters. The Balaban J connectivity index is 1.30. The molecule has 0 amide bonds. The molecule has 4 aromatic rings. The lowest BCUT2D eigenvalue weighted by Gasteiger charge is -2.09. The Bertz CT molecular complexity index is 1330. The summed E-state index contributed by atoms with van der Waals surface area (Å²) in [6.07, 6.45) is 9.78. The van der Waals surface area contributed by atoms with Gasteiger partial charge in [-0.05, 0) is 55.5 Å². The summed E-state index contributed by atoms with van der Waals surface area (Å²) >= 11 is 1.52. The molecule has 6 nitrogen and oxygen atoms in total. The van der Waals surface area contributed by atoms with Crippen LogP contribution >= 0.6 is 11.3 Å². The number of pyridine rings is 1. The third kappa shape index (κ3) is 5.94. The number of ether oxygens (including phenoxy) is 1. The van der Waals surface area contributed by atoms with Crippen molar-refractivity contribution >= 4 is 27.3 Å². The van der Waals surface area contributed by atoms with Crippen LogP contribution in [0.1, 0.15) is 38.2 Å². The fourth-order valence-corrected chi connectivity index (χ4v) is 5.07. The molecular weight excluding hydrogens is 463 g/mol. The number of aromatic nitrogens is 3. The number of thiophene rings is 1. The summed E-state index contributed by atoms with van der Waals surface area (Å²) < 4.78 is 23.7. The maximum absolute atomic E-state index is 14.8. The molecule has 0 radical (unpaired) electrons. The Hall–Kier alpha value is -3.10. The second-order valence-electron chi connectivity index (χ2n) is 9.11. The quantitative estimate of drug-likeness (QED) is 0.246. The monoisotopic (exact) mass is 492 g/mol. The maximum Gasteiger partial charge on any atom is 0.166 e. The van der Waals surface area contributed by atoms with E-state index in [4.69, 9.17) is 4.74 Å². The largest absolute Gasteiger partial charge is 0.453 e. The third-order valence-corrected chi connectivity index (χ3v) is 7.23. The fraction of sp³-hybridized carbons (Fsp3) is 0.370. The number of hydrogen-bond donors (Lipinski definition) is 1. The van der Waals surface area contributed by atoms with Crippen LogP contribution in [0.25, 0.3) is 20.8 Å². The average Bonchev–Trinajstić information content (AvgIpc) is 3.34. The van der Waals surface area contributed by atoms with Crippen molar-refractivity contribution in [3.8, 4) is 22.1 Å². The number of rotatable bonds is 12. The lowest BCUT2D eigenvalue weighted by atomic mass is 10.0. The maximum atomic E-state index is 14.8. The molecular formula is C27H29FN4O2S. The van der Waals surface area contributed by atoms with E-state index in [0.29, 0.717) is 23.7 Å². The van der Waals surface area contributed by atoms with Crippen molar-refractivity contribution in [1.29, 1.82) is 0 Å². The van der Waals surface area contributed by atoms with Crippen LogP contribution in [0.15, 0.2) is 49.1 Å². The zero-order valence-electron chi connectivity index (χ0n) is 19.8. The summed E-state index contributed by atoms with van der Waals surface area (Å²) in [4.78, 5) is 22.1. The third-order valence-electron chi connectivity index (χ3n) is 6.07. The Morgan fingerprint density at radius 2 is 2.09 bits per heavy atom. The SMILES string of the molecule is CCCNCCn1cnc(-c2cc3nccc(Oc4ccc(CC(=O)CC5CC5)cc4F)c3s2)c1. The smallest absolute Gasteiger partial charge is 0.166 e. The molecule has 1 N–H and O–H groups in total. The molecule has 182 valence electrons. The normalized spacial score (nSPS) is 13.4. The van der Waals surface area contributed by atoms with Gasteiger partial charge in [-0.15, -0.1) is 11.3 Å². The molecule has 1 saturated carbocycles. The summed E-state index contributed by atoms with van der Waals surface area (Å²) in [5.74, 6) is 0.915. The minimum atomic E-state index is -0.473. The molecule has 0 spiro atoms. The summed E-state index contributed by atoms with van der Waals surface area (Å²) in [7, 11) is 0. The van der Waals surface area contributed by atoms with E-state index >= 15 is 0 Å². The number of carbonyl (C=O) groups excluding carboxylic acids is 1. The van der Waals surface area contributed by atoms with Gasteiger partial charge >= 0.3 is 0 Å². The minimum Gasteiger partial charge on any atom is -0.453 e. The van der Waals surface area contributed by atoms with Crippen LogP contribution in [0, 0.1) is 11.7 Å². The van der Waals surface area contributed by atoms with E-state index in [1.165, 1.54) is 17.4 Å². The lowest BCUT2D eigenvalue weighted by Crippen LogP contribution is -2.19. The van der Waals surface area contributed by atoms with Crippen molar-refractivity contribution < 1.29 is 13.9 Å². The Kier molecular flexibility index (Phi) is 7.20. The van der Waals surface area contributed by atoms with Gasteiger partial charge < -0.3 is 14.6 Å². The van der Waals surface area contributed by atoms with Crippen LogP contribution in [0.4, 0.5) is 4.39 Å². The number of imidazole rings is 1. The molecule has 1 fully saturated rings. The Labute approximate surface area is 208 Å². The van der Waals surface area contributed by atoms with Gasteiger partial charge in [0, 0.05) is 44.4 Å². The van der Waals surface area contributed by atoms with Crippen molar-refractivity contribution in [3.05, 3.63) is 60.4 Å². The first-order valence-corrected chi connectivity index (χ1v) is 13.0. The van der Waals surface area contributed by atoms with Gasteiger partial charge in [-0.1, -0.05) is 13.0 Å². The highest BCUT2D eigenvalue weighted by atomic mass is 32.1. The summed E-state index contributed by atoms with van der Waals surface area (Å²) in [6, 6.07) is 8.50. The molecule has 1 aliphatic carbocycles. The van der Waals surface area contributed by atoms with Crippen molar-refractivity contribution in [3.63, 3.8) is 0 Å². The van der Waals surface area contributed by atoms with Crippen LogP contribution in [-0.2, 0) is 17.8 Å². The molecule has 3 heterocycles. The van der Waals surface area contributed by atoms with Crippen LogP contribution in [0.2, 0.25) is 0 Å². The van der Waals surface area contributed by atoms with Gasteiger partial charge in [-0.2, -0.15) is 0 Å². The van der Waals surface area contributed by atoms with Gasteiger partial charge in [0.1, 0.15) is 11.5 Å². The van der Waals surface area contributed by atoms with Gasteiger partial charge in [-0.25, -0.2) is 9.37 Å². The number of fused-ring (bicyclic) bond motifs is 1. The number of hydrogen-bond acceptors (Lipinski definition) is 6. The molecule has 1 aromatic carbocycles. The number of ketones is 1. The first-order chi connectivity index (χ1) is 17.1. The highest BCUT2D eigenvalue weighted by molar-refractivity contribution is 7.22. The summed E-state index contributed by atoms with van der Waals surface area (Å²) in [6.45, 7) is 4.91. The number of halogens is 1. The van der Waals surface area contributed by atoms with Crippen LogP contribution in [0.5, 0.6) is 11.5 Å². The first-order valence-electron chi connectivity index (χ1n) is 12.2. The van der Waals surface area contributed by atoms with E-state index in [0.717, 1.165) is 59.7 Å². The van der Waals surface area contributed by atoms with Gasteiger partial charge in [0.25, 0.3) is 0 Å². The van der Waals surface area contributed by atoms with Gasteiger partial charge in [0.15, 0.2) is 11.6 Å². The lowest BCUT2D eigenvalue weighted by molar-refractivity contribution is -0.118. The molecule has 0 bridgehead atoms. The molecule has 35 heavy (non-hydrogen) atoms. The second-order valence-corrected chi connectivity index (χ2v) is 10.2. The molecule has 5 rings (SSSR count). The van der Waals surface area contributed by atoms with E-state index in [2.05, 4.69) is 26.8 Å². The second kappa shape index (κ2) is 10.7. The van der Waals surface area contributed by atoms with E-state index in [9.17, 15) is 9.18 Å². The van der Waals surface area contributed by atoms with Crippen LogP contribution in [-0.4, -0.2) is 33.4 Å². The van der Waals surface area contributed by atoms with Crippen molar-refractivity contribution in [2.45, 2.75) is 45.6 Å². The zero-order chi connectivity index (χ0) is 24.2. The van der Waals surface area contributed by atoms with E-state index < -0.39 is 5.82 Å². The molecule has 0 atom stereocenters. The van der Waals surface area contributed by atoms with Gasteiger partial charge in [0.2, 0.25) is 0 Å². The predicted molar refractivity (Wildman–Crippen MR) is 137 cm³/mol. The summed E-state index contributed by atoms with van der Waals surface area (Å²) in [5.41, 5.74) is 2.34. The standard InChI is InChI=1S/C27H29FN4O2S/c1-2-8-29-10-11-32-16-23(31-17-32)26-15-22-27(35-26)25(7-9-30-22)34-24-6-5-19(14-21(24)28)13-20(33)12-18-3-4-18/h5-7,9,14-18,29H,2-4,8,10-13H2,1H3. The van der Waals surface area contributed by atoms with Gasteiger partial charge in [0.05, 0.1) is 27.1 Å². The molecule has 0 saturated heterocycles. The minimum absolute atomic E-state index is 0.134. The van der Waals surface area contributed by atoms with Crippen molar-refractivity contribution in [2.24, 2.45) is 5.92 Å². The van der Waals surface area contributed by atoms with Crippen molar-refractivity contribution in [1.82, 2.24) is 19.9 Å². The summed E-state index contributed by atoms with van der Waals surface area (Å²) in [5, 5.41) is 3.39. The average molecular weight is 493 g/mol. The Morgan fingerprint density at radius 3 is 2.89 bits per heavy atom.